The summed E-state index contributed by atoms with van der Waals surface area (Å²) in [5.74, 6) is -0.727. The maximum absolute atomic E-state index is 13.6. The average Bonchev–Trinajstić information content (AvgIpc) is 2.96. The Hall–Kier alpha value is -3.37. The lowest BCUT2D eigenvalue weighted by Gasteiger charge is -2.18. The number of amides is 2. The van der Waals surface area contributed by atoms with Gasteiger partial charge in [-0.3, -0.25) is 9.59 Å². The summed E-state index contributed by atoms with van der Waals surface area (Å²) in [6.45, 7) is 7.89. The molecule has 0 unspecified atom stereocenters. The van der Waals surface area contributed by atoms with Crippen molar-refractivity contribution in [2.45, 2.75) is 27.7 Å². The highest BCUT2D eigenvalue weighted by Crippen LogP contribution is 2.36. The van der Waals surface area contributed by atoms with E-state index in [-0.39, 0.29) is 17.5 Å². The van der Waals surface area contributed by atoms with Crippen LogP contribution in [0.4, 0.5) is 11.4 Å². The van der Waals surface area contributed by atoms with Crippen LogP contribution in [-0.4, -0.2) is 11.8 Å². The quantitative estimate of drug-likeness (QED) is 0.518. The van der Waals surface area contributed by atoms with Gasteiger partial charge in [0.1, 0.15) is 5.70 Å². The molecule has 3 aromatic rings. The Kier molecular flexibility index (Phi) is 5.42. The summed E-state index contributed by atoms with van der Waals surface area (Å²) in [6.07, 6.45) is 0. The molecule has 0 aromatic heterocycles. The zero-order chi connectivity index (χ0) is 22.3. The van der Waals surface area contributed by atoms with Gasteiger partial charge in [0, 0.05) is 10.7 Å². The van der Waals surface area contributed by atoms with Crippen LogP contribution in [0.1, 0.15) is 27.8 Å². The molecule has 156 valence electrons. The van der Waals surface area contributed by atoms with Crippen LogP contribution in [-0.2, 0) is 9.59 Å². The van der Waals surface area contributed by atoms with Crippen LogP contribution in [0.2, 0.25) is 5.02 Å². The molecule has 1 aliphatic rings. The lowest BCUT2D eigenvalue weighted by atomic mass is 10.0. The number of carbonyl (C=O) groups is 2. The fourth-order valence-electron chi connectivity index (χ4n) is 3.83. The topological polar surface area (TPSA) is 49.4 Å². The standard InChI is InChI=1S/C26H23ClN2O2/c1-15-8-13-22(17(3)14-15)29-25(30)23(19-9-11-20(27)12-10-19)24(26(29)31)28-21-7-5-6-16(2)18(21)4/h5-14,28H,1-4H3. The largest absolute Gasteiger partial charge is 0.350 e. The number of nitrogens with zero attached hydrogens (tertiary/aromatic N) is 1. The Morgan fingerprint density at radius 3 is 2.19 bits per heavy atom. The summed E-state index contributed by atoms with van der Waals surface area (Å²) >= 11 is 6.05. The van der Waals surface area contributed by atoms with Crippen molar-refractivity contribution in [3.63, 3.8) is 0 Å². The van der Waals surface area contributed by atoms with Crippen molar-refractivity contribution in [3.05, 3.63) is 99.2 Å². The van der Waals surface area contributed by atoms with Crippen LogP contribution in [0.3, 0.4) is 0 Å². The van der Waals surface area contributed by atoms with Gasteiger partial charge in [-0.1, -0.05) is 53.6 Å². The second-order valence-corrected chi connectivity index (χ2v) is 8.30. The predicted molar refractivity (Wildman–Crippen MR) is 126 cm³/mol. The van der Waals surface area contributed by atoms with Gasteiger partial charge in [-0.2, -0.15) is 0 Å². The Morgan fingerprint density at radius 1 is 0.806 bits per heavy atom. The first kappa shape index (κ1) is 20.9. The molecule has 3 aromatic carbocycles. The Bertz CT molecular complexity index is 1240. The first-order chi connectivity index (χ1) is 14.8. The number of aryl methyl sites for hydroxylation is 3. The van der Waals surface area contributed by atoms with Gasteiger partial charge < -0.3 is 5.32 Å². The van der Waals surface area contributed by atoms with Gasteiger partial charge in [0.2, 0.25) is 0 Å². The maximum atomic E-state index is 13.6. The van der Waals surface area contributed by atoms with Crippen LogP contribution in [0.5, 0.6) is 0 Å². The molecule has 0 saturated carbocycles. The highest BCUT2D eigenvalue weighted by atomic mass is 35.5. The number of benzene rings is 3. The zero-order valence-corrected chi connectivity index (χ0v) is 18.7. The van der Waals surface area contributed by atoms with E-state index in [4.69, 9.17) is 11.6 Å². The number of halogens is 1. The Balaban J connectivity index is 1.87. The Labute approximate surface area is 187 Å². The van der Waals surface area contributed by atoms with E-state index in [0.29, 0.717) is 21.8 Å². The smallest absolute Gasteiger partial charge is 0.282 e. The maximum Gasteiger partial charge on any atom is 0.282 e. The van der Waals surface area contributed by atoms with Crippen LogP contribution in [0.15, 0.2) is 66.4 Å². The fourth-order valence-corrected chi connectivity index (χ4v) is 3.95. The molecule has 5 heteroatoms. The highest BCUT2D eigenvalue weighted by molar-refractivity contribution is 6.46. The lowest BCUT2D eigenvalue weighted by Crippen LogP contribution is -2.33. The molecule has 2 amide bonds. The average molecular weight is 431 g/mol. The van der Waals surface area contributed by atoms with Crippen molar-refractivity contribution in [2.24, 2.45) is 0 Å². The van der Waals surface area contributed by atoms with Gasteiger partial charge in [-0.15, -0.1) is 0 Å². The zero-order valence-electron chi connectivity index (χ0n) is 17.9. The first-order valence-corrected chi connectivity index (χ1v) is 10.4. The van der Waals surface area contributed by atoms with E-state index in [9.17, 15) is 9.59 Å². The summed E-state index contributed by atoms with van der Waals surface area (Å²) in [4.78, 5) is 28.4. The molecule has 0 fully saturated rings. The third-order valence-corrected chi connectivity index (χ3v) is 5.93. The van der Waals surface area contributed by atoms with Crippen molar-refractivity contribution < 1.29 is 9.59 Å². The third kappa shape index (κ3) is 3.75. The predicted octanol–water partition coefficient (Wildman–Crippen LogP) is 5.97. The minimum Gasteiger partial charge on any atom is -0.350 e. The second-order valence-electron chi connectivity index (χ2n) is 7.87. The second kappa shape index (κ2) is 8.05. The minimum atomic E-state index is -0.372. The molecule has 4 rings (SSSR count). The van der Waals surface area contributed by atoms with Gasteiger partial charge in [0.15, 0.2) is 0 Å². The van der Waals surface area contributed by atoms with Crippen LogP contribution in [0, 0.1) is 27.7 Å². The van der Waals surface area contributed by atoms with Crippen LogP contribution in [0.25, 0.3) is 5.57 Å². The Morgan fingerprint density at radius 2 is 1.52 bits per heavy atom. The number of carbonyl (C=O) groups excluding carboxylic acids is 2. The van der Waals surface area contributed by atoms with Crippen LogP contribution >= 0.6 is 11.6 Å². The molecule has 1 heterocycles. The van der Waals surface area contributed by atoms with Gasteiger partial charge in [-0.05, 0) is 74.2 Å². The van der Waals surface area contributed by atoms with Crippen molar-refractivity contribution in [3.8, 4) is 0 Å². The van der Waals surface area contributed by atoms with Crippen molar-refractivity contribution >= 4 is 40.4 Å². The number of anilines is 2. The lowest BCUT2D eigenvalue weighted by molar-refractivity contribution is -0.120. The molecule has 0 spiro atoms. The van der Waals surface area contributed by atoms with Gasteiger partial charge in [0.05, 0.1) is 11.3 Å². The van der Waals surface area contributed by atoms with Crippen molar-refractivity contribution in [1.29, 1.82) is 0 Å². The molecule has 31 heavy (non-hydrogen) atoms. The molecule has 0 atom stereocenters. The molecule has 1 aliphatic heterocycles. The van der Waals surface area contributed by atoms with E-state index in [2.05, 4.69) is 5.32 Å². The number of imide groups is 1. The number of hydrogen-bond acceptors (Lipinski definition) is 3. The number of rotatable bonds is 4. The van der Waals surface area contributed by atoms with E-state index in [0.717, 1.165) is 27.9 Å². The molecule has 0 saturated heterocycles. The normalized spacial score (nSPS) is 13.9. The van der Waals surface area contributed by atoms with E-state index in [1.807, 2.05) is 64.1 Å². The molecular weight excluding hydrogens is 408 g/mol. The fraction of sp³-hybridized carbons (Fsp3) is 0.154. The first-order valence-electron chi connectivity index (χ1n) is 10.1. The van der Waals surface area contributed by atoms with Gasteiger partial charge in [0.25, 0.3) is 11.8 Å². The van der Waals surface area contributed by atoms with E-state index >= 15 is 0 Å². The molecule has 1 N–H and O–H groups in total. The van der Waals surface area contributed by atoms with Crippen molar-refractivity contribution in [2.75, 3.05) is 10.2 Å². The minimum absolute atomic E-state index is 0.265. The third-order valence-electron chi connectivity index (χ3n) is 5.67. The summed E-state index contributed by atoms with van der Waals surface area (Å²) < 4.78 is 0. The highest BCUT2D eigenvalue weighted by Gasteiger charge is 2.40. The number of nitrogens with one attached hydrogen (secondary N) is 1. The van der Waals surface area contributed by atoms with Crippen molar-refractivity contribution in [1.82, 2.24) is 0 Å². The summed E-state index contributed by atoms with van der Waals surface area (Å²) in [5.41, 5.74) is 6.68. The molecule has 0 radical (unpaired) electrons. The SMILES string of the molecule is Cc1ccc(N2C(=O)C(Nc3cccc(C)c3C)=C(c3ccc(Cl)cc3)C2=O)c(C)c1. The van der Waals surface area contributed by atoms with E-state index in [1.165, 1.54) is 4.90 Å². The monoisotopic (exact) mass is 430 g/mol. The van der Waals surface area contributed by atoms with Gasteiger partial charge in [-0.25, -0.2) is 4.90 Å². The van der Waals surface area contributed by atoms with Gasteiger partial charge >= 0.3 is 0 Å². The van der Waals surface area contributed by atoms with Crippen LogP contribution < -0.4 is 10.2 Å². The van der Waals surface area contributed by atoms with E-state index in [1.54, 1.807) is 24.3 Å². The summed E-state index contributed by atoms with van der Waals surface area (Å²) in [6, 6.07) is 18.5. The molecule has 4 nitrogen and oxygen atoms in total. The summed E-state index contributed by atoms with van der Waals surface area (Å²) in [7, 11) is 0. The molecule has 0 aliphatic carbocycles. The molecule has 0 bridgehead atoms. The number of hydrogen-bond donors (Lipinski definition) is 1. The molecular formula is C26H23ClN2O2. The summed E-state index contributed by atoms with van der Waals surface area (Å²) in [5, 5.41) is 3.82. The van der Waals surface area contributed by atoms with E-state index < -0.39 is 0 Å².